The Bertz CT molecular complexity index is 380. The van der Waals surface area contributed by atoms with Crippen LogP contribution in [0.3, 0.4) is 0 Å². The van der Waals surface area contributed by atoms with Gasteiger partial charge in [0.15, 0.2) is 0 Å². The Morgan fingerprint density at radius 3 is 2.20 bits per heavy atom. The van der Waals surface area contributed by atoms with Crippen LogP contribution in [0.5, 0.6) is 0 Å². The van der Waals surface area contributed by atoms with Crippen molar-refractivity contribution in [2.75, 3.05) is 6.54 Å². The first-order valence-corrected chi connectivity index (χ1v) is 7.22. The van der Waals surface area contributed by atoms with Crippen molar-refractivity contribution in [1.29, 1.82) is 0 Å². The van der Waals surface area contributed by atoms with Gasteiger partial charge in [-0.05, 0) is 39.0 Å². The Balaban J connectivity index is 2.80. The van der Waals surface area contributed by atoms with Crippen molar-refractivity contribution >= 4 is 11.9 Å². The molecule has 1 saturated heterocycles. The molecule has 0 aromatic carbocycles. The summed E-state index contributed by atoms with van der Waals surface area (Å²) in [6.07, 6.45) is 1.46. The number of likely N-dealkylation sites (tertiary alicyclic amines) is 1. The summed E-state index contributed by atoms with van der Waals surface area (Å²) in [4.78, 5) is 26.2. The summed E-state index contributed by atoms with van der Waals surface area (Å²) in [7, 11) is 0. The number of hydrogen-bond acceptors (Lipinski definition) is 4. The molecule has 20 heavy (non-hydrogen) atoms. The van der Waals surface area contributed by atoms with E-state index in [0.29, 0.717) is 13.0 Å². The minimum atomic E-state index is -0.606. The van der Waals surface area contributed by atoms with Gasteiger partial charge in [-0.25, -0.2) is 4.79 Å². The molecular weight excluding hydrogens is 256 g/mol. The van der Waals surface area contributed by atoms with Gasteiger partial charge >= 0.3 is 5.97 Å². The van der Waals surface area contributed by atoms with Crippen molar-refractivity contribution < 1.29 is 14.3 Å². The van der Waals surface area contributed by atoms with Crippen molar-refractivity contribution in [2.24, 2.45) is 11.1 Å². The molecule has 1 rings (SSSR count). The smallest absolute Gasteiger partial charge is 0.329 e. The standard InChI is InChI=1S/C15H28N2O3/c1-14(2,3)11(16)12(18)17-9-7-8-10(17)13(19)20-15(4,5)6/h10-11H,7-9,16H2,1-6H3/t10-,11?/m0/s1. The van der Waals surface area contributed by atoms with Crippen molar-refractivity contribution in [2.45, 2.75) is 72.1 Å². The molecule has 1 unspecified atom stereocenters. The third-order valence-electron chi connectivity index (χ3n) is 3.41. The number of nitrogens with zero attached hydrogens (tertiary/aromatic N) is 1. The molecule has 1 fully saturated rings. The molecule has 0 aromatic rings. The lowest BCUT2D eigenvalue weighted by molar-refractivity contribution is -0.163. The van der Waals surface area contributed by atoms with Gasteiger partial charge in [0.05, 0.1) is 6.04 Å². The zero-order valence-corrected chi connectivity index (χ0v) is 13.5. The van der Waals surface area contributed by atoms with E-state index in [1.807, 2.05) is 41.5 Å². The number of ether oxygens (including phenoxy) is 1. The average Bonchev–Trinajstić information content (AvgIpc) is 2.72. The highest BCUT2D eigenvalue weighted by atomic mass is 16.6. The van der Waals surface area contributed by atoms with E-state index in [4.69, 9.17) is 10.5 Å². The summed E-state index contributed by atoms with van der Waals surface area (Å²) in [5.74, 6) is -0.490. The Morgan fingerprint density at radius 1 is 1.20 bits per heavy atom. The van der Waals surface area contributed by atoms with Gasteiger partial charge in [-0.15, -0.1) is 0 Å². The van der Waals surface area contributed by atoms with E-state index in [9.17, 15) is 9.59 Å². The maximum Gasteiger partial charge on any atom is 0.329 e. The lowest BCUT2D eigenvalue weighted by Crippen LogP contribution is -2.53. The number of hydrogen-bond donors (Lipinski definition) is 1. The van der Waals surface area contributed by atoms with Crippen molar-refractivity contribution in [3.05, 3.63) is 0 Å². The Hall–Kier alpha value is -1.10. The summed E-state index contributed by atoms with van der Waals surface area (Å²) >= 11 is 0. The maximum absolute atomic E-state index is 12.5. The molecule has 0 aromatic heterocycles. The van der Waals surface area contributed by atoms with Gasteiger partial charge < -0.3 is 15.4 Å². The summed E-state index contributed by atoms with van der Waals surface area (Å²) in [6.45, 7) is 11.8. The van der Waals surface area contributed by atoms with Gasteiger partial charge in [-0.3, -0.25) is 4.79 Å². The molecule has 1 heterocycles. The number of carbonyl (C=O) groups excluding carboxylic acids is 2. The van der Waals surface area contributed by atoms with Crippen LogP contribution >= 0.6 is 0 Å². The van der Waals surface area contributed by atoms with Crippen LogP contribution in [-0.2, 0) is 14.3 Å². The second-order valence-corrected chi connectivity index (χ2v) is 7.57. The Labute approximate surface area is 121 Å². The second kappa shape index (κ2) is 5.72. The summed E-state index contributed by atoms with van der Waals surface area (Å²) in [5, 5.41) is 0. The molecule has 0 saturated carbocycles. The number of carbonyl (C=O) groups is 2. The first-order chi connectivity index (χ1) is 8.93. The van der Waals surface area contributed by atoms with Crippen LogP contribution in [0.25, 0.3) is 0 Å². The van der Waals surface area contributed by atoms with Crippen LogP contribution < -0.4 is 5.73 Å². The molecule has 1 aliphatic rings. The molecule has 1 aliphatic heterocycles. The molecule has 0 radical (unpaired) electrons. The molecular formula is C15H28N2O3. The highest BCUT2D eigenvalue weighted by Gasteiger charge is 2.40. The SMILES string of the molecule is CC(C)(C)OC(=O)[C@@H]1CCCN1C(=O)C(N)C(C)(C)C. The van der Waals surface area contributed by atoms with Crippen molar-refractivity contribution in [3.8, 4) is 0 Å². The van der Waals surface area contributed by atoms with Crippen molar-refractivity contribution in [1.82, 2.24) is 4.90 Å². The molecule has 5 heteroatoms. The molecule has 2 N–H and O–H groups in total. The zero-order valence-electron chi connectivity index (χ0n) is 13.5. The predicted molar refractivity (Wildman–Crippen MR) is 78.0 cm³/mol. The van der Waals surface area contributed by atoms with E-state index in [-0.39, 0.29) is 17.3 Å². The summed E-state index contributed by atoms with van der Waals surface area (Å²) < 4.78 is 5.39. The fourth-order valence-electron chi connectivity index (χ4n) is 2.19. The van der Waals surface area contributed by atoms with Gasteiger partial charge in [-0.1, -0.05) is 20.8 Å². The van der Waals surface area contributed by atoms with Crippen LogP contribution in [-0.4, -0.2) is 41.0 Å². The zero-order chi connectivity index (χ0) is 15.7. The molecule has 0 aliphatic carbocycles. The molecule has 0 spiro atoms. The molecule has 0 bridgehead atoms. The quantitative estimate of drug-likeness (QED) is 0.783. The van der Waals surface area contributed by atoms with Gasteiger partial charge in [0, 0.05) is 6.54 Å². The minimum absolute atomic E-state index is 0.161. The first kappa shape index (κ1) is 17.0. The second-order valence-electron chi connectivity index (χ2n) is 7.57. The first-order valence-electron chi connectivity index (χ1n) is 7.22. The lowest BCUT2D eigenvalue weighted by Gasteiger charge is -2.33. The summed E-state index contributed by atoms with van der Waals surface area (Å²) in [6, 6.07) is -1.10. The fourth-order valence-corrected chi connectivity index (χ4v) is 2.19. The lowest BCUT2D eigenvalue weighted by atomic mass is 9.86. The number of amides is 1. The molecule has 116 valence electrons. The van der Waals surface area contributed by atoms with Gasteiger partial charge in [0.1, 0.15) is 11.6 Å². The number of nitrogens with two attached hydrogens (primary N) is 1. The largest absolute Gasteiger partial charge is 0.458 e. The maximum atomic E-state index is 12.5. The normalized spacial score (nSPS) is 21.8. The van der Waals surface area contributed by atoms with Gasteiger partial charge in [-0.2, -0.15) is 0 Å². The number of rotatable bonds is 2. The van der Waals surface area contributed by atoms with E-state index < -0.39 is 17.7 Å². The Morgan fingerprint density at radius 2 is 1.75 bits per heavy atom. The predicted octanol–water partition coefficient (Wildman–Crippen LogP) is 1.69. The third kappa shape index (κ3) is 4.20. The van der Waals surface area contributed by atoms with E-state index in [1.165, 1.54) is 0 Å². The van der Waals surface area contributed by atoms with E-state index in [1.54, 1.807) is 4.90 Å². The number of esters is 1. The van der Waals surface area contributed by atoms with E-state index in [0.717, 1.165) is 6.42 Å². The topological polar surface area (TPSA) is 72.6 Å². The van der Waals surface area contributed by atoms with E-state index >= 15 is 0 Å². The van der Waals surface area contributed by atoms with Crippen LogP contribution in [0, 0.1) is 5.41 Å². The highest BCUT2D eigenvalue weighted by molar-refractivity contribution is 5.88. The highest BCUT2D eigenvalue weighted by Crippen LogP contribution is 2.25. The van der Waals surface area contributed by atoms with Gasteiger partial charge in [0.2, 0.25) is 5.91 Å². The van der Waals surface area contributed by atoms with Crippen LogP contribution in [0.2, 0.25) is 0 Å². The minimum Gasteiger partial charge on any atom is -0.458 e. The molecule has 1 amide bonds. The molecule has 2 atom stereocenters. The van der Waals surface area contributed by atoms with E-state index in [2.05, 4.69) is 0 Å². The molecule has 5 nitrogen and oxygen atoms in total. The fraction of sp³-hybridized carbons (Fsp3) is 0.867. The van der Waals surface area contributed by atoms with Crippen LogP contribution in [0.15, 0.2) is 0 Å². The summed E-state index contributed by atoms with van der Waals surface area (Å²) in [5.41, 5.74) is 5.16. The van der Waals surface area contributed by atoms with Crippen molar-refractivity contribution in [3.63, 3.8) is 0 Å². The van der Waals surface area contributed by atoms with Gasteiger partial charge in [0.25, 0.3) is 0 Å². The third-order valence-corrected chi connectivity index (χ3v) is 3.41. The monoisotopic (exact) mass is 284 g/mol. The van der Waals surface area contributed by atoms with Crippen LogP contribution in [0.4, 0.5) is 0 Å². The Kier molecular flexibility index (Phi) is 4.85. The average molecular weight is 284 g/mol. The van der Waals surface area contributed by atoms with Crippen LogP contribution in [0.1, 0.15) is 54.4 Å².